The standard InChI is InChI=1S/C22H23N3O3/c1-14(2)11-20(21(26)12-24-23)25-22(27)28-13-19-17-9-5-3-7-15(17)16-8-4-6-10-18(16)19/h3-10,12,14,19-20H,11,13H2,1-2H3,(H,25,27). The molecule has 0 saturated heterocycles. The SMILES string of the molecule is CC(C)CC(NC(=O)OCC1c2ccccc2-c2ccccc21)C(=O)C=[N+]=[N-]. The number of nitrogens with zero attached hydrogens (tertiary/aromatic N) is 2. The topological polar surface area (TPSA) is 91.8 Å². The monoisotopic (exact) mass is 377 g/mol. The van der Waals surface area contributed by atoms with Crippen LogP contribution in [-0.4, -0.2) is 35.5 Å². The number of rotatable bonds is 7. The molecule has 6 nitrogen and oxygen atoms in total. The van der Waals surface area contributed by atoms with Gasteiger partial charge in [0.15, 0.2) is 0 Å². The van der Waals surface area contributed by atoms with Crippen molar-refractivity contribution in [3.63, 3.8) is 0 Å². The average Bonchev–Trinajstić information content (AvgIpc) is 3.00. The molecule has 28 heavy (non-hydrogen) atoms. The Balaban J connectivity index is 1.70. The molecule has 1 atom stereocenters. The predicted molar refractivity (Wildman–Crippen MR) is 106 cm³/mol. The molecule has 0 radical (unpaired) electrons. The summed E-state index contributed by atoms with van der Waals surface area (Å²) in [5, 5.41) is 2.59. The molecule has 0 bridgehead atoms. The lowest BCUT2D eigenvalue weighted by molar-refractivity contribution is -0.118. The van der Waals surface area contributed by atoms with Crippen LogP contribution in [0.15, 0.2) is 48.5 Å². The van der Waals surface area contributed by atoms with E-state index < -0.39 is 17.9 Å². The van der Waals surface area contributed by atoms with Gasteiger partial charge in [-0.3, -0.25) is 4.79 Å². The fourth-order valence-corrected chi connectivity index (χ4v) is 3.65. The van der Waals surface area contributed by atoms with Crippen molar-refractivity contribution in [1.82, 2.24) is 5.32 Å². The molecule has 0 fully saturated rings. The van der Waals surface area contributed by atoms with Crippen LogP contribution in [0, 0.1) is 5.92 Å². The van der Waals surface area contributed by atoms with E-state index in [0.29, 0.717) is 6.42 Å². The Labute approximate surface area is 164 Å². The first-order chi connectivity index (χ1) is 13.5. The normalized spacial score (nSPS) is 13.2. The average molecular weight is 377 g/mol. The Morgan fingerprint density at radius 2 is 1.68 bits per heavy atom. The fourth-order valence-electron chi connectivity index (χ4n) is 3.65. The number of Topliss-reactive ketones (excluding diaryl/α,β-unsaturated/α-hetero) is 1. The summed E-state index contributed by atoms with van der Waals surface area (Å²) in [6.45, 7) is 4.06. The van der Waals surface area contributed by atoms with Gasteiger partial charge in [0.1, 0.15) is 12.6 Å². The smallest absolute Gasteiger partial charge is 0.407 e. The maximum atomic E-state index is 12.3. The first-order valence-corrected chi connectivity index (χ1v) is 9.34. The van der Waals surface area contributed by atoms with E-state index >= 15 is 0 Å². The molecule has 144 valence electrons. The van der Waals surface area contributed by atoms with Crippen molar-refractivity contribution >= 4 is 18.1 Å². The summed E-state index contributed by atoms with van der Waals surface area (Å²) < 4.78 is 5.47. The van der Waals surface area contributed by atoms with Crippen LogP contribution in [0.4, 0.5) is 4.79 Å². The van der Waals surface area contributed by atoms with E-state index in [0.717, 1.165) is 28.5 Å². The van der Waals surface area contributed by atoms with Gasteiger partial charge in [-0.1, -0.05) is 62.4 Å². The molecule has 0 saturated carbocycles. The number of nitrogens with one attached hydrogen (secondary N) is 1. The third-order valence-electron chi connectivity index (χ3n) is 4.87. The van der Waals surface area contributed by atoms with Gasteiger partial charge in [0.25, 0.3) is 5.78 Å². The van der Waals surface area contributed by atoms with Crippen LogP contribution in [0.2, 0.25) is 0 Å². The number of ether oxygens (including phenoxy) is 1. The molecule has 0 heterocycles. The van der Waals surface area contributed by atoms with E-state index in [1.165, 1.54) is 0 Å². The molecule has 1 unspecified atom stereocenters. The molecule has 1 amide bonds. The maximum Gasteiger partial charge on any atom is 0.407 e. The van der Waals surface area contributed by atoms with E-state index in [4.69, 9.17) is 10.3 Å². The van der Waals surface area contributed by atoms with E-state index in [-0.39, 0.29) is 18.4 Å². The summed E-state index contributed by atoms with van der Waals surface area (Å²) in [5.74, 6) is -0.337. The summed E-state index contributed by atoms with van der Waals surface area (Å²) in [7, 11) is 0. The van der Waals surface area contributed by atoms with Gasteiger partial charge in [-0.2, -0.15) is 4.79 Å². The Hall–Kier alpha value is -3.24. The predicted octanol–water partition coefficient (Wildman–Crippen LogP) is 3.81. The van der Waals surface area contributed by atoms with Crippen LogP contribution in [0.25, 0.3) is 16.7 Å². The number of benzene rings is 2. The highest BCUT2D eigenvalue weighted by molar-refractivity contribution is 6.28. The van der Waals surface area contributed by atoms with Gasteiger partial charge in [0.05, 0.1) is 0 Å². The van der Waals surface area contributed by atoms with E-state index in [9.17, 15) is 9.59 Å². The van der Waals surface area contributed by atoms with Crippen molar-refractivity contribution in [2.45, 2.75) is 32.2 Å². The van der Waals surface area contributed by atoms with Crippen molar-refractivity contribution < 1.29 is 19.1 Å². The molecule has 1 N–H and O–H groups in total. The number of amides is 1. The van der Waals surface area contributed by atoms with E-state index in [2.05, 4.69) is 22.2 Å². The molecule has 3 rings (SSSR count). The summed E-state index contributed by atoms with van der Waals surface area (Å²) in [4.78, 5) is 27.1. The van der Waals surface area contributed by atoms with Crippen LogP contribution in [0.1, 0.15) is 37.3 Å². The van der Waals surface area contributed by atoms with Crippen LogP contribution < -0.4 is 5.32 Å². The lowest BCUT2D eigenvalue weighted by Crippen LogP contribution is -2.43. The highest BCUT2D eigenvalue weighted by Gasteiger charge is 2.30. The van der Waals surface area contributed by atoms with Gasteiger partial charge < -0.3 is 15.6 Å². The Morgan fingerprint density at radius 3 is 2.21 bits per heavy atom. The summed E-state index contributed by atoms with van der Waals surface area (Å²) in [5.41, 5.74) is 13.1. The zero-order chi connectivity index (χ0) is 20.1. The summed E-state index contributed by atoms with van der Waals surface area (Å²) in [6.07, 6.45) is 0.568. The van der Waals surface area contributed by atoms with Crippen molar-refractivity contribution in [3.8, 4) is 11.1 Å². The van der Waals surface area contributed by atoms with Gasteiger partial charge in [0, 0.05) is 5.92 Å². The molecule has 2 aromatic rings. The molecule has 2 aromatic carbocycles. The van der Waals surface area contributed by atoms with Crippen molar-refractivity contribution in [2.75, 3.05) is 6.61 Å². The minimum atomic E-state index is -0.786. The fraction of sp³-hybridized carbons (Fsp3) is 0.318. The maximum absolute atomic E-state index is 12.3. The number of hydrogen-bond donors (Lipinski definition) is 1. The third-order valence-corrected chi connectivity index (χ3v) is 4.87. The second-order valence-corrected chi connectivity index (χ2v) is 7.30. The summed E-state index contributed by atoms with van der Waals surface area (Å²) in [6, 6.07) is 15.4. The van der Waals surface area contributed by atoms with Crippen molar-refractivity contribution in [3.05, 3.63) is 65.2 Å². The lowest BCUT2D eigenvalue weighted by atomic mass is 9.98. The van der Waals surface area contributed by atoms with Gasteiger partial charge >= 0.3 is 12.3 Å². The largest absolute Gasteiger partial charge is 0.449 e. The van der Waals surface area contributed by atoms with Gasteiger partial charge in [0.2, 0.25) is 0 Å². The van der Waals surface area contributed by atoms with Gasteiger partial charge in [-0.25, -0.2) is 4.79 Å². The molecular weight excluding hydrogens is 354 g/mol. The quantitative estimate of drug-likeness (QED) is 0.452. The minimum absolute atomic E-state index is 0.0450. The van der Waals surface area contributed by atoms with Crippen molar-refractivity contribution in [2.24, 2.45) is 5.92 Å². The molecule has 6 heteroatoms. The van der Waals surface area contributed by atoms with Crippen molar-refractivity contribution in [1.29, 1.82) is 0 Å². The molecule has 0 spiro atoms. The Morgan fingerprint density at radius 1 is 1.11 bits per heavy atom. The van der Waals surface area contributed by atoms with Gasteiger partial charge in [-0.15, -0.1) is 0 Å². The Kier molecular flexibility index (Phi) is 6.02. The highest BCUT2D eigenvalue weighted by Crippen LogP contribution is 2.44. The lowest BCUT2D eigenvalue weighted by Gasteiger charge is -2.18. The zero-order valence-corrected chi connectivity index (χ0v) is 16.0. The van der Waals surface area contributed by atoms with Crippen LogP contribution in [-0.2, 0) is 9.53 Å². The van der Waals surface area contributed by atoms with Crippen LogP contribution >= 0.6 is 0 Å². The number of alkyl carbamates (subject to hydrolysis) is 1. The second-order valence-electron chi connectivity index (χ2n) is 7.30. The molecular formula is C22H23N3O3. The minimum Gasteiger partial charge on any atom is -0.449 e. The first-order valence-electron chi connectivity index (χ1n) is 9.34. The molecule has 1 aliphatic carbocycles. The van der Waals surface area contributed by atoms with E-state index in [1.807, 2.05) is 50.2 Å². The number of carbonyl (C=O) groups is 2. The number of hydrogen-bond acceptors (Lipinski definition) is 3. The molecule has 0 aliphatic heterocycles. The second kappa shape index (κ2) is 8.63. The Bertz CT molecular complexity index is 887. The highest BCUT2D eigenvalue weighted by atomic mass is 16.5. The van der Waals surface area contributed by atoms with Crippen LogP contribution in [0.3, 0.4) is 0 Å². The van der Waals surface area contributed by atoms with E-state index in [1.54, 1.807) is 0 Å². The number of carbonyl (C=O) groups excluding carboxylic acids is 2. The molecule has 1 aliphatic rings. The summed E-state index contributed by atoms with van der Waals surface area (Å²) >= 11 is 0. The third kappa shape index (κ3) is 4.18. The number of ketones is 1. The van der Waals surface area contributed by atoms with Crippen LogP contribution in [0.5, 0.6) is 0 Å². The number of fused-ring (bicyclic) bond motifs is 3. The molecule has 0 aromatic heterocycles. The zero-order valence-electron chi connectivity index (χ0n) is 16.0. The van der Waals surface area contributed by atoms with Gasteiger partial charge in [-0.05, 0) is 34.6 Å². The first kappa shape index (κ1) is 19.5.